The quantitative estimate of drug-likeness (QED) is 0.133. The molecular weight excluding hydrogens is 615 g/mol. The molecule has 51 heavy (non-hydrogen) atoms. The largest absolute Gasteiger partial charge is 0.264 e. The zero-order chi connectivity index (χ0) is 34.1. The van der Waals surface area contributed by atoms with Gasteiger partial charge in [-0.15, -0.1) is 0 Å². The molecule has 0 saturated heterocycles. The zero-order valence-electron chi connectivity index (χ0n) is 28.7. The first-order valence-corrected chi connectivity index (χ1v) is 17.9. The van der Waals surface area contributed by atoms with E-state index in [0.717, 1.165) is 12.8 Å². The Morgan fingerprint density at radius 3 is 2.04 bits per heavy atom. The third-order valence-electron chi connectivity index (χ3n) is 10.3. The van der Waals surface area contributed by atoms with Gasteiger partial charge in [0.15, 0.2) is 0 Å². The molecular formula is C50H37N. The Bertz CT molecular complexity index is 2770. The van der Waals surface area contributed by atoms with Crippen LogP contribution >= 0.6 is 0 Å². The van der Waals surface area contributed by atoms with Gasteiger partial charge in [0.25, 0.3) is 0 Å². The summed E-state index contributed by atoms with van der Waals surface area (Å²) in [7, 11) is 0. The van der Waals surface area contributed by atoms with E-state index in [9.17, 15) is 0 Å². The second-order valence-corrected chi connectivity index (χ2v) is 13.4. The van der Waals surface area contributed by atoms with Crippen molar-refractivity contribution >= 4 is 71.1 Å². The summed E-state index contributed by atoms with van der Waals surface area (Å²) in [4.78, 5) is 4.53. The smallest absolute Gasteiger partial charge is 0.0352 e. The summed E-state index contributed by atoms with van der Waals surface area (Å²) in [5.74, 6) is 0. The average molecular weight is 652 g/mol. The fraction of sp³-hybridized carbons (Fsp3) is 0.0600. The van der Waals surface area contributed by atoms with E-state index in [-0.39, 0.29) is 0 Å². The minimum Gasteiger partial charge on any atom is -0.264 e. The van der Waals surface area contributed by atoms with Gasteiger partial charge in [-0.3, -0.25) is 4.98 Å². The topological polar surface area (TPSA) is 12.9 Å². The average Bonchev–Trinajstić information content (AvgIpc) is 3.18. The van der Waals surface area contributed by atoms with Gasteiger partial charge in [0.2, 0.25) is 0 Å². The van der Waals surface area contributed by atoms with Crippen LogP contribution in [-0.4, -0.2) is 4.98 Å². The molecule has 1 heterocycles. The van der Waals surface area contributed by atoms with E-state index in [1.165, 1.54) is 92.8 Å². The van der Waals surface area contributed by atoms with Gasteiger partial charge < -0.3 is 0 Å². The van der Waals surface area contributed by atoms with Crippen molar-refractivity contribution in [2.45, 2.75) is 19.8 Å². The minimum absolute atomic E-state index is 1.01. The lowest BCUT2D eigenvalue weighted by atomic mass is 9.90. The molecule has 0 saturated carbocycles. The number of hydrogen-bond donors (Lipinski definition) is 0. The third-order valence-corrected chi connectivity index (χ3v) is 10.3. The summed E-state index contributed by atoms with van der Waals surface area (Å²) in [5.41, 5.74) is 8.59. The highest BCUT2D eigenvalue weighted by molar-refractivity contribution is 6.25. The van der Waals surface area contributed by atoms with Gasteiger partial charge in [0.1, 0.15) is 0 Å². The van der Waals surface area contributed by atoms with Crippen LogP contribution in [-0.2, 0) is 0 Å². The predicted molar refractivity (Wildman–Crippen MR) is 222 cm³/mol. The maximum absolute atomic E-state index is 4.53. The number of fused-ring (bicyclic) bond motifs is 9. The van der Waals surface area contributed by atoms with E-state index in [4.69, 9.17) is 0 Å². The second kappa shape index (κ2) is 13.2. The van der Waals surface area contributed by atoms with Crippen LogP contribution < -0.4 is 0 Å². The molecule has 1 aromatic heterocycles. The molecule has 9 rings (SSSR count). The van der Waals surface area contributed by atoms with Crippen molar-refractivity contribution in [2.24, 2.45) is 0 Å². The van der Waals surface area contributed by atoms with Crippen LogP contribution in [0.15, 0.2) is 176 Å². The number of aromatic nitrogens is 1. The SMILES string of the molecule is C/C=C\C=C/c1cc2ccc(-c3cccc(C4=C/C(c5ccc6c7ccccc7c7ccncc7c6c5)=C\CC/C=C\4)c3)cc2c2ccccc12. The molecule has 0 N–H and O–H groups in total. The fourth-order valence-corrected chi connectivity index (χ4v) is 7.78. The molecule has 0 spiro atoms. The Labute approximate surface area is 298 Å². The maximum atomic E-state index is 4.53. The van der Waals surface area contributed by atoms with E-state index in [1.807, 2.05) is 19.3 Å². The Hall–Kier alpha value is -6.31. The Morgan fingerprint density at radius 1 is 0.510 bits per heavy atom. The molecule has 0 aliphatic heterocycles. The van der Waals surface area contributed by atoms with Crippen LogP contribution in [0.1, 0.15) is 36.5 Å². The van der Waals surface area contributed by atoms with Gasteiger partial charge in [-0.05, 0) is 144 Å². The number of nitrogens with zero attached hydrogens (tertiary/aromatic N) is 1. The van der Waals surface area contributed by atoms with Crippen molar-refractivity contribution in [1.82, 2.24) is 4.98 Å². The summed E-state index contributed by atoms with van der Waals surface area (Å²) >= 11 is 0. The van der Waals surface area contributed by atoms with E-state index in [0.29, 0.717) is 0 Å². The van der Waals surface area contributed by atoms with Crippen molar-refractivity contribution in [2.75, 3.05) is 0 Å². The van der Waals surface area contributed by atoms with Crippen molar-refractivity contribution < 1.29 is 0 Å². The number of allylic oxidation sites excluding steroid dienone is 9. The lowest BCUT2D eigenvalue weighted by Crippen LogP contribution is -1.91. The molecule has 1 heteroatoms. The van der Waals surface area contributed by atoms with Crippen molar-refractivity contribution in [3.8, 4) is 11.1 Å². The van der Waals surface area contributed by atoms with Crippen molar-refractivity contribution in [1.29, 1.82) is 0 Å². The van der Waals surface area contributed by atoms with Crippen molar-refractivity contribution in [3.63, 3.8) is 0 Å². The fourth-order valence-electron chi connectivity index (χ4n) is 7.78. The van der Waals surface area contributed by atoms with Crippen LogP contribution in [0.2, 0.25) is 0 Å². The molecule has 242 valence electrons. The summed E-state index contributed by atoms with van der Waals surface area (Å²) in [6.07, 6.45) is 23.8. The van der Waals surface area contributed by atoms with E-state index >= 15 is 0 Å². The third kappa shape index (κ3) is 5.67. The number of pyridine rings is 1. The molecule has 7 aromatic carbocycles. The van der Waals surface area contributed by atoms with Crippen LogP contribution in [0.25, 0.3) is 82.2 Å². The molecule has 0 fully saturated rings. The first kappa shape index (κ1) is 30.7. The lowest BCUT2D eigenvalue weighted by molar-refractivity contribution is 1.05. The van der Waals surface area contributed by atoms with Crippen LogP contribution in [0.3, 0.4) is 0 Å². The summed E-state index contributed by atoms with van der Waals surface area (Å²) in [6, 6.07) is 44.8. The van der Waals surface area contributed by atoms with Gasteiger partial charge in [-0.2, -0.15) is 0 Å². The number of hydrogen-bond acceptors (Lipinski definition) is 1. The second-order valence-electron chi connectivity index (χ2n) is 13.4. The molecule has 1 nitrogen and oxygen atoms in total. The first-order valence-electron chi connectivity index (χ1n) is 17.9. The van der Waals surface area contributed by atoms with Crippen LogP contribution in [0.4, 0.5) is 0 Å². The van der Waals surface area contributed by atoms with E-state index in [2.05, 4.69) is 175 Å². The molecule has 0 bridgehead atoms. The zero-order valence-corrected chi connectivity index (χ0v) is 28.7. The van der Waals surface area contributed by atoms with Gasteiger partial charge >= 0.3 is 0 Å². The van der Waals surface area contributed by atoms with E-state index < -0.39 is 0 Å². The Kier molecular flexibility index (Phi) is 7.95. The summed E-state index contributed by atoms with van der Waals surface area (Å²) in [6.45, 7) is 2.05. The lowest BCUT2D eigenvalue weighted by Gasteiger charge is -2.14. The monoisotopic (exact) mass is 651 g/mol. The Morgan fingerprint density at radius 2 is 1.20 bits per heavy atom. The van der Waals surface area contributed by atoms with Gasteiger partial charge in [-0.1, -0.05) is 134 Å². The standard InChI is InChI=1S/C50H37N/c1-2-3-5-15-40-30-41-23-22-38(31-48(41)43-19-9-8-18-42(40)43)37-17-12-16-36(29-37)34-13-6-4-7-14-35(28-34)39-24-25-46-44-20-10-11-21-45(44)47-26-27-51-33-50(47)49(46)32-39/h2-3,5-6,8-33H,4,7H2,1H3/b3-2-,13-6-,15-5-,34-28+,35-14+. The Balaban J connectivity index is 1.13. The maximum Gasteiger partial charge on any atom is 0.0352 e. The highest BCUT2D eigenvalue weighted by Gasteiger charge is 2.13. The number of rotatable bonds is 5. The van der Waals surface area contributed by atoms with Gasteiger partial charge in [0.05, 0.1) is 0 Å². The minimum atomic E-state index is 1.01. The van der Waals surface area contributed by atoms with Crippen molar-refractivity contribution in [3.05, 3.63) is 193 Å². The first-order chi connectivity index (χ1) is 25.2. The van der Waals surface area contributed by atoms with Crippen LogP contribution in [0, 0.1) is 0 Å². The molecule has 0 atom stereocenters. The highest BCUT2D eigenvalue weighted by atomic mass is 14.6. The molecule has 8 aromatic rings. The molecule has 1 aliphatic rings. The van der Waals surface area contributed by atoms with Gasteiger partial charge in [0, 0.05) is 17.8 Å². The highest BCUT2D eigenvalue weighted by Crippen LogP contribution is 2.38. The normalized spacial score (nSPS) is 16.5. The predicted octanol–water partition coefficient (Wildman–Crippen LogP) is 13.9. The molecule has 0 radical (unpaired) electrons. The molecule has 0 amide bonds. The van der Waals surface area contributed by atoms with E-state index in [1.54, 1.807) is 0 Å². The van der Waals surface area contributed by atoms with Crippen LogP contribution in [0.5, 0.6) is 0 Å². The summed E-state index contributed by atoms with van der Waals surface area (Å²) in [5, 5.41) is 12.6. The van der Waals surface area contributed by atoms with Gasteiger partial charge in [-0.25, -0.2) is 0 Å². The summed E-state index contributed by atoms with van der Waals surface area (Å²) < 4.78 is 0. The molecule has 1 aliphatic carbocycles. The molecule has 0 unspecified atom stereocenters. The number of benzene rings is 7.